The molecule has 5 nitrogen and oxygen atoms in total. The molecule has 0 aromatic heterocycles. The lowest BCUT2D eigenvalue weighted by atomic mass is 10.1. The van der Waals surface area contributed by atoms with E-state index in [1.54, 1.807) is 36.5 Å². The van der Waals surface area contributed by atoms with E-state index in [0.29, 0.717) is 6.42 Å². The predicted octanol–water partition coefficient (Wildman–Crippen LogP) is 3.13. The summed E-state index contributed by atoms with van der Waals surface area (Å²) in [6.45, 7) is 2.13. The number of hydrogen-bond donors (Lipinski definition) is 4. The summed E-state index contributed by atoms with van der Waals surface area (Å²) in [5.41, 5.74) is 0. The molecule has 0 aliphatic carbocycles. The van der Waals surface area contributed by atoms with Crippen LogP contribution in [0.25, 0.3) is 0 Å². The standard InChI is InChI=1S/C20H32O5/c1-2-3-8-12-17(21)13-9-6-4-5-7-10-14-18(22)19(23)15-11-16-20(24)25/h4-7,9-10,13-14,17-19,21-23H,2-3,8,11-12,15-16H2,1H3,(H,24,25)/b6-4-,7-5+,13-9+,14-10+/t17-,18?,19?/m0/s1. The second-order valence-corrected chi connectivity index (χ2v) is 5.95. The van der Waals surface area contributed by atoms with Crippen molar-refractivity contribution < 1.29 is 25.2 Å². The van der Waals surface area contributed by atoms with Gasteiger partial charge in [-0.15, -0.1) is 0 Å². The normalized spacial score (nSPS) is 16.3. The van der Waals surface area contributed by atoms with E-state index < -0.39 is 24.3 Å². The lowest BCUT2D eigenvalue weighted by molar-refractivity contribution is -0.137. The number of aliphatic carboxylic acids is 1. The summed E-state index contributed by atoms with van der Waals surface area (Å²) < 4.78 is 0. The van der Waals surface area contributed by atoms with Crippen molar-refractivity contribution in [2.75, 3.05) is 0 Å². The molecule has 5 heteroatoms. The zero-order valence-corrected chi connectivity index (χ0v) is 15.0. The second kappa shape index (κ2) is 15.8. The Bertz CT molecular complexity index is 451. The van der Waals surface area contributed by atoms with Gasteiger partial charge < -0.3 is 20.4 Å². The number of aliphatic hydroxyl groups excluding tert-OH is 3. The van der Waals surface area contributed by atoms with E-state index in [4.69, 9.17) is 5.11 Å². The van der Waals surface area contributed by atoms with Crippen LogP contribution in [0.3, 0.4) is 0 Å². The molecule has 0 rings (SSSR count). The summed E-state index contributed by atoms with van der Waals surface area (Å²) in [6.07, 6.45) is 16.0. The van der Waals surface area contributed by atoms with Gasteiger partial charge in [-0.1, -0.05) is 74.8 Å². The Balaban J connectivity index is 3.97. The first-order chi connectivity index (χ1) is 12.0. The van der Waals surface area contributed by atoms with E-state index >= 15 is 0 Å². The van der Waals surface area contributed by atoms with Crippen molar-refractivity contribution in [1.29, 1.82) is 0 Å². The van der Waals surface area contributed by atoms with Crippen molar-refractivity contribution in [2.45, 2.75) is 70.2 Å². The maximum atomic E-state index is 10.4. The van der Waals surface area contributed by atoms with E-state index in [-0.39, 0.29) is 12.8 Å². The van der Waals surface area contributed by atoms with E-state index in [9.17, 15) is 20.1 Å². The van der Waals surface area contributed by atoms with Gasteiger partial charge in [-0.25, -0.2) is 0 Å². The predicted molar refractivity (Wildman–Crippen MR) is 100 cm³/mol. The minimum atomic E-state index is -1.01. The fourth-order valence-electron chi connectivity index (χ4n) is 2.09. The van der Waals surface area contributed by atoms with Crippen molar-refractivity contribution in [3.63, 3.8) is 0 Å². The number of rotatable bonds is 14. The van der Waals surface area contributed by atoms with E-state index in [1.165, 1.54) is 6.08 Å². The van der Waals surface area contributed by atoms with Crippen LogP contribution in [0.4, 0.5) is 0 Å². The summed E-state index contributed by atoms with van der Waals surface area (Å²) in [4.78, 5) is 10.4. The maximum absolute atomic E-state index is 10.4. The quantitative estimate of drug-likeness (QED) is 0.284. The first-order valence-electron chi connectivity index (χ1n) is 8.91. The lowest BCUT2D eigenvalue weighted by Crippen LogP contribution is -2.23. The van der Waals surface area contributed by atoms with Crippen molar-refractivity contribution in [3.8, 4) is 0 Å². The molecule has 0 fully saturated rings. The molecular formula is C20H32O5. The first-order valence-corrected chi connectivity index (χ1v) is 8.91. The molecule has 0 heterocycles. The summed E-state index contributed by atoms with van der Waals surface area (Å²) in [5, 5.41) is 37.6. The molecule has 0 aliphatic heterocycles. The highest BCUT2D eigenvalue weighted by atomic mass is 16.4. The summed E-state index contributed by atoms with van der Waals surface area (Å²) in [7, 11) is 0. The molecular weight excluding hydrogens is 320 g/mol. The molecule has 0 saturated heterocycles. The van der Waals surface area contributed by atoms with Crippen LogP contribution in [0.15, 0.2) is 48.6 Å². The average Bonchev–Trinajstić information content (AvgIpc) is 2.56. The third kappa shape index (κ3) is 15.6. The van der Waals surface area contributed by atoms with E-state index in [1.807, 2.05) is 6.08 Å². The summed E-state index contributed by atoms with van der Waals surface area (Å²) in [5.74, 6) is -0.908. The van der Waals surface area contributed by atoms with Crippen molar-refractivity contribution in [3.05, 3.63) is 48.6 Å². The molecule has 25 heavy (non-hydrogen) atoms. The fourth-order valence-corrected chi connectivity index (χ4v) is 2.09. The molecule has 0 aromatic rings. The average molecular weight is 352 g/mol. The van der Waals surface area contributed by atoms with Gasteiger partial charge in [-0.3, -0.25) is 4.79 Å². The SMILES string of the molecule is CCCCC[C@H](O)/C=C/C=C\C=C\C=C\C(O)C(O)CCCC(=O)O. The van der Waals surface area contributed by atoms with Crippen molar-refractivity contribution in [1.82, 2.24) is 0 Å². The minimum Gasteiger partial charge on any atom is -0.481 e. The van der Waals surface area contributed by atoms with Crippen LogP contribution in [0, 0.1) is 0 Å². The second-order valence-electron chi connectivity index (χ2n) is 5.95. The van der Waals surface area contributed by atoms with Gasteiger partial charge in [0.25, 0.3) is 0 Å². The highest BCUT2D eigenvalue weighted by molar-refractivity contribution is 5.66. The number of carboxylic acid groups (broad SMARTS) is 1. The molecule has 0 saturated carbocycles. The van der Waals surface area contributed by atoms with Crippen LogP contribution < -0.4 is 0 Å². The molecule has 4 N–H and O–H groups in total. The third-order valence-electron chi connectivity index (χ3n) is 3.59. The maximum Gasteiger partial charge on any atom is 0.303 e. The largest absolute Gasteiger partial charge is 0.481 e. The van der Waals surface area contributed by atoms with Gasteiger partial charge in [0.2, 0.25) is 0 Å². The number of carbonyl (C=O) groups is 1. The van der Waals surface area contributed by atoms with Crippen molar-refractivity contribution >= 4 is 5.97 Å². The number of unbranched alkanes of at least 4 members (excludes halogenated alkanes) is 2. The molecule has 2 unspecified atom stereocenters. The van der Waals surface area contributed by atoms with E-state index in [0.717, 1.165) is 25.7 Å². The van der Waals surface area contributed by atoms with Crippen molar-refractivity contribution in [2.24, 2.45) is 0 Å². The molecule has 0 aliphatic rings. The molecule has 0 amide bonds. The Kier molecular flexibility index (Phi) is 14.7. The number of aliphatic hydroxyl groups is 3. The van der Waals surface area contributed by atoms with Crippen LogP contribution in [-0.2, 0) is 4.79 Å². The first kappa shape index (κ1) is 23.3. The van der Waals surface area contributed by atoms with Crippen LogP contribution in [0.5, 0.6) is 0 Å². The fraction of sp³-hybridized carbons (Fsp3) is 0.550. The van der Waals surface area contributed by atoms with Gasteiger partial charge in [0.1, 0.15) is 0 Å². The topological polar surface area (TPSA) is 98.0 Å². The Labute approximate surface area is 150 Å². The Morgan fingerprint density at radius 1 is 0.840 bits per heavy atom. The van der Waals surface area contributed by atoms with E-state index in [2.05, 4.69) is 6.92 Å². The van der Waals surface area contributed by atoms with Gasteiger partial charge in [-0.05, 0) is 19.3 Å². The van der Waals surface area contributed by atoms with Crippen LogP contribution >= 0.6 is 0 Å². The van der Waals surface area contributed by atoms with Crippen LogP contribution in [0.1, 0.15) is 51.9 Å². The highest BCUT2D eigenvalue weighted by Gasteiger charge is 2.12. The van der Waals surface area contributed by atoms with Gasteiger partial charge in [0.15, 0.2) is 0 Å². The zero-order valence-electron chi connectivity index (χ0n) is 15.0. The smallest absolute Gasteiger partial charge is 0.303 e. The number of allylic oxidation sites excluding steroid dienone is 6. The molecule has 0 bridgehead atoms. The Hall–Kier alpha value is -1.69. The molecule has 0 aromatic carbocycles. The minimum absolute atomic E-state index is 0.0149. The Morgan fingerprint density at radius 2 is 1.44 bits per heavy atom. The number of hydrogen-bond acceptors (Lipinski definition) is 4. The molecule has 0 radical (unpaired) electrons. The third-order valence-corrected chi connectivity index (χ3v) is 3.59. The molecule has 0 spiro atoms. The lowest BCUT2D eigenvalue weighted by Gasteiger charge is -2.13. The summed E-state index contributed by atoms with van der Waals surface area (Å²) in [6, 6.07) is 0. The zero-order chi connectivity index (χ0) is 18.9. The molecule has 142 valence electrons. The highest BCUT2D eigenvalue weighted by Crippen LogP contribution is 2.06. The van der Waals surface area contributed by atoms with Gasteiger partial charge >= 0.3 is 5.97 Å². The monoisotopic (exact) mass is 352 g/mol. The van der Waals surface area contributed by atoms with Crippen LogP contribution in [0.2, 0.25) is 0 Å². The summed E-state index contributed by atoms with van der Waals surface area (Å²) >= 11 is 0. The Morgan fingerprint density at radius 3 is 2.04 bits per heavy atom. The molecule has 3 atom stereocenters. The van der Waals surface area contributed by atoms with Gasteiger partial charge in [0.05, 0.1) is 18.3 Å². The number of carboxylic acids is 1. The van der Waals surface area contributed by atoms with Gasteiger partial charge in [0, 0.05) is 6.42 Å². The van der Waals surface area contributed by atoms with Gasteiger partial charge in [-0.2, -0.15) is 0 Å². The van der Waals surface area contributed by atoms with Crippen LogP contribution in [-0.4, -0.2) is 44.7 Å².